The molecule has 2 aromatic rings. The Morgan fingerprint density at radius 2 is 2.20 bits per heavy atom. The summed E-state index contributed by atoms with van der Waals surface area (Å²) in [5.74, 6) is -0.299. The average molecular weight is 342 g/mol. The van der Waals surface area contributed by atoms with Crippen molar-refractivity contribution < 1.29 is 13.7 Å². The molecule has 2 rings (SSSR count). The van der Waals surface area contributed by atoms with Crippen molar-refractivity contribution in [3.05, 3.63) is 52.1 Å². The van der Waals surface area contributed by atoms with Crippen LogP contribution in [0.4, 0.5) is 9.18 Å². The first-order valence-electron chi connectivity index (χ1n) is 6.00. The van der Waals surface area contributed by atoms with Crippen LogP contribution in [0.2, 0.25) is 0 Å². The van der Waals surface area contributed by atoms with Crippen LogP contribution < -0.4 is 10.6 Å². The maximum Gasteiger partial charge on any atom is 0.315 e. The number of rotatable bonds is 5. The number of carbonyl (C=O) groups is 1. The molecule has 0 aliphatic rings. The van der Waals surface area contributed by atoms with Gasteiger partial charge in [-0.3, -0.25) is 0 Å². The topological polar surface area (TPSA) is 67.2 Å². The van der Waals surface area contributed by atoms with Gasteiger partial charge < -0.3 is 15.2 Å². The minimum Gasteiger partial charge on any atom is -0.364 e. The summed E-state index contributed by atoms with van der Waals surface area (Å²) in [4.78, 5) is 11.5. The molecule has 0 aliphatic heterocycles. The van der Waals surface area contributed by atoms with Crippen molar-refractivity contribution in [2.24, 2.45) is 0 Å². The highest BCUT2D eigenvalue weighted by atomic mass is 79.9. The summed E-state index contributed by atoms with van der Waals surface area (Å²) >= 11 is 3.12. The molecule has 0 saturated carbocycles. The SMILES string of the molecule is O=C(NCCc1ccc(F)c(Br)c1)NCc1ccon1. The molecule has 106 valence electrons. The fourth-order valence-corrected chi connectivity index (χ4v) is 2.00. The third-order valence-electron chi connectivity index (χ3n) is 2.60. The Hall–Kier alpha value is -1.89. The lowest BCUT2D eigenvalue weighted by atomic mass is 10.1. The molecule has 20 heavy (non-hydrogen) atoms. The van der Waals surface area contributed by atoms with Gasteiger partial charge in [0.1, 0.15) is 17.8 Å². The standard InChI is InChI=1S/C13H13BrFN3O2/c14-11-7-9(1-2-12(11)15)3-5-16-13(19)17-8-10-4-6-20-18-10/h1-2,4,6-7H,3,5,8H2,(H2,16,17,19). The van der Waals surface area contributed by atoms with Gasteiger partial charge in [-0.1, -0.05) is 11.2 Å². The third kappa shape index (κ3) is 4.34. The van der Waals surface area contributed by atoms with Crippen LogP contribution in [0.5, 0.6) is 0 Å². The van der Waals surface area contributed by atoms with E-state index < -0.39 is 0 Å². The predicted octanol–water partition coefficient (Wildman–Crippen LogP) is 2.62. The van der Waals surface area contributed by atoms with E-state index in [4.69, 9.17) is 0 Å². The molecule has 1 heterocycles. The second kappa shape index (κ2) is 7.04. The number of nitrogens with one attached hydrogen (secondary N) is 2. The maximum atomic E-state index is 13.0. The number of urea groups is 1. The Bertz CT molecular complexity index is 575. The molecule has 1 aromatic carbocycles. The van der Waals surface area contributed by atoms with Crippen molar-refractivity contribution >= 4 is 22.0 Å². The highest BCUT2D eigenvalue weighted by Crippen LogP contribution is 2.16. The molecule has 0 aliphatic carbocycles. The molecule has 7 heteroatoms. The van der Waals surface area contributed by atoms with Gasteiger partial charge in [0.25, 0.3) is 0 Å². The van der Waals surface area contributed by atoms with E-state index in [1.807, 2.05) is 0 Å². The fourth-order valence-electron chi connectivity index (χ4n) is 1.58. The lowest BCUT2D eigenvalue weighted by Gasteiger charge is -2.07. The van der Waals surface area contributed by atoms with Crippen LogP contribution in [-0.2, 0) is 13.0 Å². The molecule has 2 amide bonds. The van der Waals surface area contributed by atoms with E-state index >= 15 is 0 Å². The molecule has 0 saturated heterocycles. The van der Waals surface area contributed by atoms with E-state index in [0.29, 0.717) is 29.7 Å². The van der Waals surface area contributed by atoms with E-state index in [2.05, 4.69) is 36.2 Å². The fraction of sp³-hybridized carbons (Fsp3) is 0.231. The highest BCUT2D eigenvalue weighted by molar-refractivity contribution is 9.10. The van der Waals surface area contributed by atoms with E-state index in [1.165, 1.54) is 12.3 Å². The Balaban J connectivity index is 1.69. The number of carbonyl (C=O) groups excluding carboxylic acids is 1. The molecule has 2 N–H and O–H groups in total. The number of amides is 2. The van der Waals surface area contributed by atoms with E-state index in [1.54, 1.807) is 18.2 Å². The maximum absolute atomic E-state index is 13.0. The Morgan fingerprint density at radius 3 is 2.90 bits per heavy atom. The zero-order valence-electron chi connectivity index (χ0n) is 10.5. The van der Waals surface area contributed by atoms with E-state index in [-0.39, 0.29) is 11.8 Å². The van der Waals surface area contributed by atoms with Crippen LogP contribution in [0, 0.1) is 5.82 Å². The van der Waals surface area contributed by atoms with Crippen molar-refractivity contribution in [3.63, 3.8) is 0 Å². The zero-order chi connectivity index (χ0) is 14.4. The minimum atomic E-state index is -0.299. The summed E-state index contributed by atoms with van der Waals surface area (Å²) in [6.45, 7) is 0.771. The quantitative estimate of drug-likeness (QED) is 0.878. The summed E-state index contributed by atoms with van der Waals surface area (Å²) in [5, 5.41) is 9.04. The van der Waals surface area contributed by atoms with Crippen LogP contribution in [0.15, 0.2) is 39.5 Å². The van der Waals surface area contributed by atoms with Crippen LogP contribution in [-0.4, -0.2) is 17.7 Å². The lowest BCUT2D eigenvalue weighted by Crippen LogP contribution is -2.36. The number of halogens is 2. The molecule has 5 nitrogen and oxygen atoms in total. The smallest absolute Gasteiger partial charge is 0.315 e. The van der Waals surface area contributed by atoms with Crippen LogP contribution >= 0.6 is 15.9 Å². The Morgan fingerprint density at radius 1 is 1.35 bits per heavy atom. The first kappa shape index (κ1) is 14.5. The molecule has 0 radical (unpaired) electrons. The summed E-state index contributed by atoms with van der Waals surface area (Å²) in [6, 6.07) is 6.17. The number of benzene rings is 1. The monoisotopic (exact) mass is 341 g/mol. The molecular formula is C13H13BrFN3O2. The van der Waals surface area contributed by atoms with Gasteiger partial charge in [0.15, 0.2) is 0 Å². The van der Waals surface area contributed by atoms with Crippen molar-refractivity contribution in [1.29, 1.82) is 0 Å². The van der Waals surface area contributed by atoms with Gasteiger partial charge in [0, 0.05) is 12.6 Å². The Kier molecular flexibility index (Phi) is 5.11. The highest BCUT2D eigenvalue weighted by Gasteiger charge is 2.03. The van der Waals surface area contributed by atoms with Gasteiger partial charge in [-0.05, 0) is 40.0 Å². The van der Waals surface area contributed by atoms with Gasteiger partial charge in [0.2, 0.25) is 0 Å². The second-order valence-corrected chi connectivity index (χ2v) is 4.95. The van der Waals surface area contributed by atoms with Gasteiger partial charge in [-0.2, -0.15) is 0 Å². The van der Waals surface area contributed by atoms with Crippen LogP contribution in [0.3, 0.4) is 0 Å². The largest absolute Gasteiger partial charge is 0.364 e. The Labute approximate surface area is 123 Å². The number of hydrogen-bond donors (Lipinski definition) is 2. The molecular weight excluding hydrogens is 329 g/mol. The van der Waals surface area contributed by atoms with Gasteiger partial charge in [-0.25, -0.2) is 9.18 Å². The lowest BCUT2D eigenvalue weighted by molar-refractivity contribution is 0.240. The van der Waals surface area contributed by atoms with E-state index in [0.717, 1.165) is 5.56 Å². The van der Waals surface area contributed by atoms with Crippen LogP contribution in [0.1, 0.15) is 11.3 Å². The second-order valence-electron chi connectivity index (χ2n) is 4.10. The molecule has 0 fully saturated rings. The van der Waals surface area contributed by atoms with Crippen molar-refractivity contribution in [1.82, 2.24) is 15.8 Å². The average Bonchev–Trinajstić information content (AvgIpc) is 2.94. The minimum absolute atomic E-state index is 0.283. The molecule has 1 aromatic heterocycles. The first-order valence-corrected chi connectivity index (χ1v) is 6.79. The van der Waals surface area contributed by atoms with Crippen molar-refractivity contribution in [2.45, 2.75) is 13.0 Å². The van der Waals surface area contributed by atoms with Gasteiger partial charge in [-0.15, -0.1) is 0 Å². The first-order chi connectivity index (χ1) is 9.65. The summed E-state index contributed by atoms with van der Waals surface area (Å²) in [6.07, 6.45) is 2.07. The van der Waals surface area contributed by atoms with Gasteiger partial charge >= 0.3 is 6.03 Å². The molecule has 0 bridgehead atoms. The zero-order valence-corrected chi connectivity index (χ0v) is 12.1. The van der Waals surface area contributed by atoms with Gasteiger partial charge in [0.05, 0.1) is 11.0 Å². The summed E-state index contributed by atoms with van der Waals surface area (Å²) in [7, 11) is 0. The number of aromatic nitrogens is 1. The van der Waals surface area contributed by atoms with E-state index in [9.17, 15) is 9.18 Å². The number of hydrogen-bond acceptors (Lipinski definition) is 3. The van der Waals surface area contributed by atoms with Crippen molar-refractivity contribution in [2.75, 3.05) is 6.54 Å². The number of nitrogens with zero attached hydrogens (tertiary/aromatic N) is 1. The predicted molar refractivity (Wildman–Crippen MR) is 74.5 cm³/mol. The molecule has 0 spiro atoms. The third-order valence-corrected chi connectivity index (χ3v) is 3.21. The molecule has 0 atom stereocenters. The normalized spacial score (nSPS) is 10.3. The van der Waals surface area contributed by atoms with Crippen molar-refractivity contribution in [3.8, 4) is 0 Å². The summed E-state index contributed by atoms with van der Waals surface area (Å²) in [5.41, 5.74) is 1.60. The summed E-state index contributed by atoms with van der Waals surface area (Å²) < 4.78 is 18.1. The van der Waals surface area contributed by atoms with Crippen LogP contribution in [0.25, 0.3) is 0 Å². The molecule has 0 unspecified atom stereocenters.